The third kappa shape index (κ3) is 2.61. The van der Waals surface area contributed by atoms with Crippen molar-refractivity contribution in [3.8, 4) is 5.75 Å². The first-order valence-corrected chi connectivity index (χ1v) is 5.57. The summed E-state index contributed by atoms with van der Waals surface area (Å²) >= 11 is 7.24. The van der Waals surface area contributed by atoms with Crippen molar-refractivity contribution in [1.29, 1.82) is 0 Å². The first-order chi connectivity index (χ1) is 7.25. The molecule has 0 spiro atoms. The lowest BCUT2D eigenvalue weighted by Gasteiger charge is -2.04. The maximum atomic E-state index is 5.75. The maximum Gasteiger partial charge on any atom is 0.141 e. The largest absolute Gasteiger partial charge is 0.488 e. The van der Waals surface area contributed by atoms with Crippen LogP contribution < -0.4 is 10.5 Å². The summed E-state index contributed by atoms with van der Waals surface area (Å²) in [6.07, 6.45) is 0. The van der Waals surface area contributed by atoms with Gasteiger partial charge in [-0.2, -0.15) is 0 Å². The molecule has 0 fully saturated rings. The zero-order valence-electron chi connectivity index (χ0n) is 7.81. The van der Waals surface area contributed by atoms with Crippen molar-refractivity contribution in [3.63, 3.8) is 0 Å². The lowest BCUT2D eigenvalue weighted by atomic mass is 10.3. The molecule has 1 aromatic heterocycles. The lowest BCUT2D eigenvalue weighted by Crippen LogP contribution is -1.97. The summed E-state index contributed by atoms with van der Waals surface area (Å²) in [7, 11) is 0. The number of hydrogen-bond acceptors (Lipinski definition) is 4. The second kappa shape index (κ2) is 4.51. The van der Waals surface area contributed by atoms with Crippen LogP contribution in [0.2, 0.25) is 5.02 Å². The fourth-order valence-electron chi connectivity index (χ4n) is 1.07. The number of rotatable bonds is 3. The number of aromatic nitrogens is 1. The number of anilines is 1. The zero-order valence-corrected chi connectivity index (χ0v) is 9.39. The first-order valence-electron chi connectivity index (χ1n) is 4.32. The standard InChI is InChI=1S/C10H9ClN2OS/c11-7-1-3-8(4-2-7)14-5-9-10(12)13-6-15-9/h1-4,6H,5,12H2. The highest BCUT2D eigenvalue weighted by atomic mass is 35.5. The lowest BCUT2D eigenvalue weighted by molar-refractivity contribution is 0.310. The second-order valence-electron chi connectivity index (χ2n) is 2.90. The summed E-state index contributed by atoms with van der Waals surface area (Å²) in [5.74, 6) is 1.31. The Labute approximate surface area is 96.5 Å². The van der Waals surface area contributed by atoms with Crippen LogP contribution in [0.4, 0.5) is 5.82 Å². The van der Waals surface area contributed by atoms with E-state index >= 15 is 0 Å². The van der Waals surface area contributed by atoms with Crippen molar-refractivity contribution in [3.05, 3.63) is 39.7 Å². The van der Waals surface area contributed by atoms with E-state index in [9.17, 15) is 0 Å². The number of thiazole rings is 1. The Morgan fingerprint density at radius 2 is 2.07 bits per heavy atom. The van der Waals surface area contributed by atoms with Gasteiger partial charge in [0.1, 0.15) is 18.2 Å². The molecule has 5 heteroatoms. The maximum absolute atomic E-state index is 5.75. The molecule has 0 saturated carbocycles. The smallest absolute Gasteiger partial charge is 0.141 e. The zero-order chi connectivity index (χ0) is 10.7. The number of halogens is 1. The number of ether oxygens (including phenoxy) is 1. The summed E-state index contributed by atoms with van der Waals surface area (Å²) in [4.78, 5) is 4.87. The topological polar surface area (TPSA) is 48.1 Å². The van der Waals surface area contributed by atoms with E-state index in [1.807, 2.05) is 12.1 Å². The van der Waals surface area contributed by atoms with Crippen LogP contribution in [0.1, 0.15) is 4.88 Å². The minimum absolute atomic E-state index is 0.443. The van der Waals surface area contributed by atoms with E-state index in [2.05, 4.69) is 4.98 Å². The Morgan fingerprint density at radius 1 is 1.33 bits per heavy atom. The van der Waals surface area contributed by atoms with Gasteiger partial charge < -0.3 is 10.5 Å². The van der Waals surface area contributed by atoms with Crippen molar-refractivity contribution in [2.45, 2.75) is 6.61 Å². The minimum atomic E-state index is 0.443. The normalized spacial score (nSPS) is 10.2. The average molecular weight is 241 g/mol. The molecule has 15 heavy (non-hydrogen) atoms. The van der Waals surface area contributed by atoms with Gasteiger partial charge in [0.25, 0.3) is 0 Å². The van der Waals surface area contributed by atoms with Crippen LogP contribution >= 0.6 is 22.9 Å². The number of benzene rings is 1. The third-order valence-corrected chi connectivity index (χ3v) is 2.93. The number of nitrogens with zero attached hydrogens (tertiary/aromatic N) is 1. The van der Waals surface area contributed by atoms with Gasteiger partial charge in [0.2, 0.25) is 0 Å². The molecular formula is C10H9ClN2OS. The third-order valence-electron chi connectivity index (χ3n) is 1.86. The van der Waals surface area contributed by atoms with Crippen molar-refractivity contribution in [2.75, 3.05) is 5.73 Å². The Kier molecular flexibility index (Phi) is 3.08. The van der Waals surface area contributed by atoms with E-state index in [1.165, 1.54) is 11.3 Å². The van der Waals surface area contributed by atoms with Crippen LogP contribution in [0, 0.1) is 0 Å². The number of nitrogens with two attached hydrogens (primary N) is 1. The van der Waals surface area contributed by atoms with Crippen LogP contribution in [0.3, 0.4) is 0 Å². The highest BCUT2D eigenvalue weighted by molar-refractivity contribution is 7.10. The molecule has 3 nitrogen and oxygen atoms in total. The molecule has 1 aromatic carbocycles. The van der Waals surface area contributed by atoms with Gasteiger partial charge in [0, 0.05) is 5.02 Å². The Hall–Kier alpha value is -1.26. The van der Waals surface area contributed by atoms with Crippen LogP contribution in [-0.4, -0.2) is 4.98 Å². The number of hydrogen-bond donors (Lipinski definition) is 1. The highest BCUT2D eigenvalue weighted by Crippen LogP contribution is 2.20. The van der Waals surface area contributed by atoms with E-state index in [4.69, 9.17) is 22.1 Å². The van der Waals surface area contributed by atoms with E-state index in [1.54, 1.807) is 17.6 Å². The predicted molar refractivity (Wildman–Crippen MR) is 62.3 cm³/mol. The monoisotopic (exact) mass is 240 g/mol. The van der Waals surface area contributed by atoms with Gasteiger partial charge >= 0.3 is 0 Å². The molecule has 0 aliphatic rings. The fraction of sp³-hybridized carbons (Fsp3) is 0.100. The summed E-state index contributed by atoms with van der Waals surface area (Å²) in [6.45, 7) is 0.443. The van der Waals surface area contributed by atoms with Gasteiger partial charge in [-0.25, -0.2) is 4.98 Å². The van der Waals surface area contributed by atoms with E-state index in [0.717, 1.165) is 10.6 Å². The SMILES string of the molecule is Nc1ncsc1COc1ccc(Cl)cc1. The van der Waals surface area contributed by atoms with Crippen molar-refractivity contribution < 1.29 is 4.74 Å². The Bertz CT molecular complexity index is 441. The Morgan fingerprint density at radius 3 is 2.67 bits per heavy atom. The Balaban J connectivity index is 1.99. The molecule has 0 bridgehead atoms. The van der Waals surface area contributed by atoms with Gasteiger partial charge in [-0.1, -0.05) is 11.6 Å². The molecule has 2 rings (SSSR count). The van der Waals surface area contributed by atoms with Crippen molar-refractivity contribution in [1.82, 2.24) is 4.98 Å². The van der Waals surface area contributed by atoms with Gasteiger partial charge in [-0.3, -0.25) is 0 Å². The van der Waals surface area contributed by atoms with Crippen molar-refractivity contribution in [2.24, 2.45) is 0 Å². The molecule has 0 atom stereocenters. The fourth-order valence-corrected chi connectivity index (χ4v) is 1.79. The molecular weight excluding hydrogens is 232 g/mol. The molecule has 0 aliphatic heterocycles. The molecule has 2 aromatic rings. The van der Waals surface area contributed by atoms with Gasteiger partial charge in [-0.15, -0.1) is 11.3 Å². The van der Waals surface area contributed by atoms with Gasteiger partial charge in [-0.05, 0) is 24.3 Å². The van der Waals surface area contributed by atoms with Crippen LogP contribution in [0.5, 0.6) is 5.75 Å². The van der Waals surface area contributed by atoms with E-state index in [0.29, 0.717) is 17.4 Å². The van der Waals surface area contributed by atoms with Crippen LogP contribution in [-0.2, 0) is 6.61 Å². The van der Waals surface area contributed by atoms with E-state index in [-0.39, 0.29) is 0 Å². The van der Waals surface area contributed by atoms with E-state index < -0.39 is 0 Å². The summed E-state index contributed by atoms with van der Waals surface area (Å²) in [5, 5.41) is 0.694. The molecule has 0 radical (unpaired) electrons. The summed E-state index contributed by atoms with van der Waals surface area (Å²) in [5.41, 5.74) is 7.33. The average Bonchev–Trinajstić information content (AvgIpc) is 2.63. The summed E-state index contributed by atoms with van der Waals surface area (Å²) in [6, 6.07) is 7.21. The minimum Gasteiger partial charge on any atom is -0.488 e. The quantitative estimate of drug-likeness (QED) is 0.897. The molecule has 0 saturated heterocycles. The first kappa shape index (κ1) is 10.3. The second-order valence-corrected chi connectivity index (χ2v) is 4.28. The molecule has 0 aliphatic carbocycles. The molecule has 2 N–H and O–H groups in total. The molecule has 0 unspecified atom stereocenters. The van der Waals surface area contributed by atoms with Gasteiger partial charge in [0.15, 0.2) is 0 Å². The van der Waals surface area contributed by atoms with Crippen molar-refractivity contribution >= 4 is 28.8 Å². The van der Waals surface area contributed by atoms with Gasteiger partial charge in [0.05, 0.1) is 10.4 Å². The predicted octanol–water partition coefficient (Wildman–Crippen LogP) is 2.96. The summed E-state index contributed by atoms with van der Waals surface area (Å²) < 4.78 is 5.52. The van der Waals surface area contributed by atoms with Crippen LogP contribution in [0.15, 0.2) is 29.8 Å². The van der Waals surface area contributed by atoms with Crippen LogP contribution in [0.25, 0.3) is 0 Å². The molecule has 0 amide bonds. The highest BCUT2D eigenvalue weighted by Gasteiger charge is 2.02. The molecule has 1 heterocycles. The molecule has 78 valence electrons. The number of nitrogen functional groups attached to an aromatic ring is 1.